The van der Waals surface area contributed by atoms with E-state index in [1.165, 1.54) is 24.9 Å². The van der Waals surface area contributed by atoms with Crippen molar-refractivity contribution in [1.82, 2.24) is 10.3 Å². The van der Waals surface area contributed by atoms with Crippen LogP contribution in [-0.4, -0.2) is 22.5 Å². The third kappa shape index (κ3) is 2.46. The number of carbonyl (C=O) groups is 1. The van der Waals surface area contributed by atoms with Gasteiger partial charge in [-0.1, -0.05) is 6.92 Å². The minimum atomic E-state index is -0.169. The van der Waals surface area contributed by atoms with Crippen LogP contribution in [0.3, 0.4) is 0 Å². The molecule has 0 bridgehead atoms. The van der Waals surface area contributed by atoms with Gasteiger partial charge in [0, 0.05) is 12.7 Å². The lowest BCUT2D eigenvalue weighted by atomic mass is 10.2. The summed E-state index contributed by atoms with van der Waals surface area (Å²) in [5, 5.41) is 12.0. The molecule has 1 amide bonds. The van der Waals surface area contributed by atoms with Gasteiger partial charge in [0.25, 0.3) is 5.91 Å². The van der Waals surface area contributed by atoms with Gasteiger partial charge in [0.1, 0.15) is 5.75 Å². The number of carbonyl (C=O) groups excluding carboxylic acids is 1. The van der Waals surface area contributed by atoms with Gasteiger partial charge < -0.3 is 10.4 Å². The van der Waals surface area contributed by atoms with Crippen molar-refractivity contribution in [3.63, 3.8) is 0 Å². The molecule has 1 heterocycles. The average molecular weight is 206 g/mol. The van der Waals surface area contributed by atoms with Gasteiger partial charge in [0.15, 0.2) is 0 Å². The molecule has 0 spiro atoms. The predicted molar refractivity (Wildman–Crippen MR) is 55.5 cm³/mol. The maximum atomic E-state index is 11.6. The summed E-state index contributed by atoms with van der Waals surface area (Å²) in [6.45, 7) is 2.89. The second kappa shape index (κ2) is 3.88. The molecule has 15 heavy (non-hydrogen) atoms. The van der Waals surface area contributed by atoms with Crippen LogP contribution in [0.5, 0.6) is 5.75 Å². The van der Waals surface area contributed by atoms with Crippen LogP contribution in [0.2, 0.25) is 0 Å². The number of rotatable bonds is 3. The molecule has 80 valence electrons. The number of aromatic nitrogens is 1. The molecule has 2 unspecified atom stereocenters. The molecule has 1 fully saturated rings. The Balaban J connectivity index is 1.90. The first kappa shape index (κ1) is 9.96. The molecule has 1 saturated carbocycles. The van der Waals surface area contributed by atoms with Crippen LogP contribution in [0.1, 0.15) is 23.7 Å². The van der Waals surface area contributed by atoms with Gasteiger partial charge in [-0.2, -0.15) is 0 Å². The summed E-state index contributed by atoms with van der Waals surface area (Å²) < 4.78 is 0. The van der Waals surface area contributed by atoms with Crippen molar-refractivity contribution >= 4 is 5.91 Å². The molecule has 2 atom stereocenters. The van der Waals surface area contributed by atoms with Gasteiger partial charge >= 0.3 is 0 Å². The van der Waals surface area contributed by atoms with Crippen molar-refractivity contribution < 1.29 is 9.90 Å². The standard InChI is InChI=1S/C11H14N2O2/c1-7-2-8(7)5-13-11(15)9-3-10(14)6-12-4-9/h3-4,6-8,14H,2,5H2,1H3,(H,13,15). The summed E-state index contributed by atoms with van der Waals surface area (Å²) >= 11 is 0. The molecule has 1 aromatic heterocycles. The van der Waals surface area contributed by atoms with E-state index in [0.29, 0.717) is 11.5 Å². The zero-order valence-electron chi connectivity index (χ0n) is 8.60. The first-order valence-corrected chi connectivity index (χ1v) is 5.09. The normalized spacial score (nSPS) is 23.5. The molecule has 0 radical (unpaired) electrons. The van der Waals surface area contributed by atoms with Crippen LogP contribution in [0.15, 0.2) is 18.5 Å². The molecule has 4 heteroatoms. The van der Waals surface area contributed by atoms with E-state index in [1.54, 1.807) is 0 Å². The molecule has 2 N–H and O–H groups in total. The lowest BCUT2D eigenvalue weighted by Gasteiger charge is -2.03. The largest absolute Gasteiger partial charge is 0.506 e. The van der Waals surface area contributed by atoms with E-state index in [-0.39, 0.29) is 11.7 Å². The molecular weight excluding hydrogens is 192 g/mol. The van der Waals surface area contributed by atoms with Crippen LogP contribution in [0, 0.1) is 11.8 Å². The van der Waals surface area contributed by atoms with Crippen molar-refractivity contribution in [3.05, 3.63) is 24.0 Å². The molecule has 4 nitrogen and oxygen atoms in total. The van der Waals surface area contributed by atoms with E-state index in [1.807, 2.05) is 0 Å². The first-order valence-electron chi connectivity index (χ1n) is 5.09. The maximum Gasteiger partial charge on any atom is 0.252 e. The Morgan fingerprint density at radius 2 is 2.40 bits per heavy atom. The highest BCUT2D eigenvalue weighted by atomic mass is 16.3. The molecule has 1 aliphatic carbocycles. The molecule has 0 aromatic carbocycles. The number of nitrogens with zero attached hydrogens (tertiary/aromatic N) is 1. The van der Waals surface area contributed by atoms with Gasteiger partial charge in [-0.25, -0.2) is 0 Å². The van der Waals surface area contributed by atoms with Crippen molar-refractivity contribution in [3.8, 4) is 5.75 Å². The summed E-state index contributed by atoms with van der Waals surface area (Å²) in [4.78, 5) is 15.3. The topological polar surface area (TPSA) is 62.2 Å². The Bertz CT molecular complexity index is 379. The maximum absolute atomic E-state index is 11.6. The van der Waals surface area contributed by atoms with Crippen LogP contribution in [0.25, 0.3) is 0 Å². The fourth-order valence-corrected chi connectivity index (χ4v) is 1.56. The summed E-state index contributed by atoms with van der Waals surface area (Å²) in [5.41, 5.74) is 0.406. The Kier molecular flexibility index (Phi) is 2.58. The van der Waals surface area contributed by atoms with E-state index in [2.05, 4.69) is 17.2 Å². The fourth-order valence-electron chi connectivity index (χ4n) is 1.56. The fraction of sp³-hybridized carbons (Fsp3) is 0.455. The van der Waals surface area contributed by atoms with E-state index < -0.39 is 0 Å². The van der Waals surface area contributed by atoms with E-state index in [9.17, 15) is 4.79 Å². The Morgan fingerprint density at radius 1 is 1.67 bits per heavy atom. The van der Waals surface area contributed by atoms with Gasteiger partial charge in [0.2, 0.25) is 0 Å². The monoisotopic (exact) mass is 206 g/mol. The van der Waals surface area contributed by atoms with Crippen LogP contribution < -0.4 is 5.32 Å². The van der Waals surface area contributed by atoms with E-state index in [4.69, 9.17) is 5.11 Å². The smallest absolute Gasteiger partial charge is 0.252 e. The minimum absolute atomic E-state index is 0.0161. The van der Waals surface area contributed by atoms with Gasteiger partial charge in [-0.05, 0) is 24.3 Å². The number of aromatic hydroxyl groups is 1. The average Bonchev–Trinajstić information content (AvgIpc) is 2.91. The molecule has 2 rings (SSSR count). The Hall–Kier alpha value is -1.58. The summed E-state index contributed by atoms with van der Waals surface area (Å²) in [5.74, 6) is 1.20. The molecule has 1 aliphatic rings. The Labute approximate surface area is 88.3 Å². The quantitative estimate of drug-likeness (QED) is 0.780. The number of hydrogen-bond donors (Lipinski definition) is 2. The number of pyridine rings is 1. The van der Waals surface area contributed by atoms with Crippen molar-refractivity contribution in [1.29, 1.82) is 0 Å². The highest BCUT2D eigenvalue weighted by Crippen LogP contribution is 2.36. The molecule has 0 saturated heterocycles. The highest BCUT2D eigenvalue weighted by molar-refractivity contribution is 5.94. The lowest BCUT2D eigenvalue weighted by Crippen LogP contribution is -2.25. The van der Waals surface area contributed by atoms with Crippen LogP contribution >= 0.6 is 0 Å². The summed E-state index contributed by atoms with van der Waals surface area (Å²) in [7, 11) is 0. The van der Waals surface area contributed by atoms with Crippen molar-refractivity contribution in [2.75, 3.05) is 6.54 Å². The second-order valence-corrected chi connectivity index (χ2v) is 4.11. The summed E-state index contributed by atoms with van der Waals surface area (Å²) in [6, 6.07) is 1.42. The van der Waals surface area contributed by atoms with Crippen LogP contribution in [0.4, 0.5) is 0 Å². The molecular formula is C11H14N2O2. The van der Waals surface area contributed by atoms with Gasteiger partial charge in [0.05, 0.1) is 11.8 Å². The number of amides is 1. The zero-order chi connectivity index (χ0) is 10.8. The van der Waals surface area contributed by atoms with Crippen molar-refractivity contribution in [2.45, 2.75) is 13.3 Å². The summed E-state index contributed by atoms with van der Waals surface area (Å²) in [6.07, 6.45) is 3.95. The highest BCUT2D eigenvalue weighted by Gasteiger charge is 2.32. The number of nitrogens with one attached hydrogen (secondary N) is 1. The minimum Gasteiger partial charge on any atom is -0.506 e. The molecule has 0 aliphatic heterocycles. The lowest BCUT2D eigenvalue weighted by molar-refractivity contribution is 0.0950. The van der Waals surface area contributed by atoms with E-state index >= 15 is 0 Å². The Morgan fingerprint density at radius 3 is 3.00 bits per heavy atom. The van der Waals surface area contributed by atoms with Crippen molar-refractivity contribution in [2.24, 2.45) is 11.8 Å². The SMILES string of the molecule is CC1CC1CNC(=O)c1cncc(O)c1. The van der Waals surface area contributed by atoms with Crippen LogP contribution in [-0.2, 0) is 0 Å². The third-order valence-electron chi connectivity index (χ3n) is 2.79. The van der Waals surface area contributed by atoms with Gasteiger partial charge in [-0.15, -0.1) is 0 Å². The van der Waals surface area contributed by atoms with E-state index in [0.717, 1.165) is 12.5 Å². The molecule has 1 aromatic rings. The third-order valence-corrected chi connectivity index (χ3v) is 2.79. The zero-order valence-corrected chi connectivity index (χ0v) is 8.60. The predicted octanol–water partition coefficient (Wildman–Crippen LogP) is 1.17. The van der Waals surface area contributed by atoms with Gasteiger partial charge in [-0.3, -0.25) is 9.78 Å². The first-order chi connectivity index (χ1) is 7.16. The second-order valence-electron chi connectivity index (χ2n) is 4.11. The number of hydrogen-bond acceptors (Lipinski definition) is 3.